The van der Waals surface area contributed by atoms with E-state index < -0.39 is 13.5 Å². The molecule has 0 atom stereocenters. The highest BCUT2D eigenvalue weighted by molar-refractivity contribution is 7.04. The normalized spacial score (nSPS) is 15.6. The lowest BCUT2D eigenvalue weighted by atomic mass is 9.68. The van der Waals surface area contributed by atoms with Crippen molar-refractivity contribution in [2.75, 3.05) is 4.90 Å². The van der Waals surface area contributed by atoms with Gasteiger partial charge in [-0.3, -0.25) is 0 Å². The third-order valence-electron chi connectivity index (χ3n) is 13.3. The molecule has 0 saturated heterocycles. The standard InChI is InChI=1S/C54H43NSi/c1-53(2)46-24-12-8-19-40(46)43-34-33-39(35-49(43)53)55(50-27-16-23-45-44-22-11-15-28-51(44)56(3,4)52(45)50)38-31-29-37(30-32-38)54(36-17-6-5-7-18-36)47-25-13-9-20-41(47)42-21-10-14-26-48(42)54/h5-35H,1-4H3. The van der Waals surface area contributed by atoms with E-state index in [0.29, 0.717) is 0 Å². The minimum absolute atomic E-state index is 0.105. The number of hydrogen-bond donors (Lipinski definition) is 0. The van der Waals surface area contributed by atoms with Gasteiger partial charge in [-0.15, -0.1) is 0 Å². The maximum atomic E-state index is 2.56. The molecule has 1 aliphatic heterocycles. The summed E-state index contributed by atoms with van der Waals surface area (Å²) in [5.41, 5.74) is 19.2. The van der Waals surface area contributed by atoms with Crippen molar-refractivity contribution >= 4 is 35.5 Å². The van der Waals surface area contributed by atoms with E-state index in [1.165, 1.54) is 94.2 Å². The number of benzene rings is 8. The maximum absolute atomic E-state index is 2.56. The molecule has 8 aromatic carbocycles. The van der Waals surface area contributed by atoms with Gasteiger partial charge in [-0.05, 0) is 107 Å². The quantitative estimate of drug-likeness (QED) is 0.159. The fraction of sp³-hybridized carbons (Fsp3) is 0.111. The molecule has 0 bridgehead atoms. The lowest BCUT2D eigenvalue weighted by Gasteiger charge is -2.35. The SMILES string of the molecule is CC1(C)c2ccccc2-c2ccc(N(c3ccc(C4(c5ccccc5)c5ccccc5-c5ccccc54)cc3)c3cccc4c3[Si](C)(C)c3ccccc3-4)cc21. The zero-order chi connectivity index (χ0) is 37.8. The molecule has 268 valence electrons. The highest BCUT2D eigenvalue weighted by Crippen LogP contribution is 2.56. The van der Waals surface area contributed by atoms with Crippen LogP contribution in [0.5, 0.6) is 0 Å². The molecule has 0 unspecified atom stereocenters. The van der Waals surface area contributed by atoms with Crippen LogP contribution in [0.25, 0.3) is 33.4 Å². The van der Waals surface area contributed by atoms with Crippen LogP contribution in [0.1, 0.15) is 47.2 Å². The van der Waals surface area contributed by atoms with Crippen LogP contribution in [0.2, 0.25) is 13.1 Å². The van der Waals surface area contributed by atoms with Crippen LogP contribution in [-0.4, -0.2) is 8.07 Å². The summed E-state index contributed by atoms with van der Waals surface area (Å²) in [4.78, 5) is 2.56. The van der Waals surface area contributed by atoms with Gasteiger partial charge in [-0.2, -0.15) is 0 Å². The first-order valence-electron chi connectivity index (χ1n) is 19.9. The fourth-order valence-corrected chi connectivity index (χ4v) is 14.2. The summed E-state index contributed by atoms with van der Waals surface area (Å²) in [7, 11) is -2.06. The molecule has 3 aliphatic rings. The van der Waals surface area contributed by atoms with Gasteiger partial charge in [0.1, 0.15) is 8.07 Å². The van der Waals surface area contributed by atoms with E-state index in [2.05, 4.69) is 220 Å². The third kappa shape index (κ3) is 4.36. The molecule has 2 heteroatoms. The summed E-state index contributed by atoms with van der Waals surface area (Å²) < 4.78 is 0. The van der Waals surface area contributed by atoms with Crippen LogP contribution < -0.4 is 15.3 Å². The Morgan fingerprint density at radius 3 is 1.57 bits per heavy atom. The lowest BCUT2D eigenvalue weighted by molar-refractivity contribution is 0.660. The van der Waals surface area contributed by atoms with Crippen LogP contribution in [0, 0.1) is 0 Å². The third-order valence-corrected chi connectivity index (χ3v) is 16.9. The smallest absolute Gasteiger partial charge is 0.116 e. The van der Waals surface area contributed by atoms with Crippen molar-refractivity contribution in [2.24, 2.45) is 0 Å². The van der Waals surface area contributed by atoms with Gasteiger partial charge in [-0.1, -0.05) is 185 Å². The predicted octanol–water partition coefficient (Wildman–Crippen LogP) is 12.6. The molecule has 2 aliphatic carbocycles. The second-order valence-corrected chi connectivity index (χ2v) is 21.1. The molecule has 0 saturated carbocycles. The monoisotopic (exact) mass is 733 g/mol. The summed E-state index contributed by atoms with van der Waals surface area (Å²) in [6.45, 7) is 9.83. The first-order chi connectivity index (χ1) is 27.3. The fourth-order valence-electron chi connectivity index (χ4n) is 10.8. The Hall–Kier alpha value is -6.22. The van der Waals surface area contributed by atoms with Crippen LogP contribution in [0.4, 0.5) is 17.1 Å². The average Bonchev–Trinajstić information content (AvgIpc) is 3.77. The predicted molar refractivity (Wildman–Crippen MR) is 238 cm³/mol. The number of rotatable bonds is 5. The summed E-state index contributed by atoms with van der Waals surface area (Å²) >= 11 is 0. The molecule has 0 N–H and O–H groups in total. The molecular formula is C54H43NSi. The van der Waals surface area contributed by atoms with Gasteiger partial charge in [-0.25, -0.2) is 0 Å². The van der Waals surface area contributed by atoms with E-state index >= 15 is 0 Å². The molecule has 0 radical (unpaired) electrons. The Morgan fingerprint density at radius 1 is 0.393 bits per heavy atom. The van der Waals surface area contributed by atoms with Crippen molar-refractivity contribution in [3.8, 4) is 33.4 Å². The largest absolute Gasteiger partial charge is 0.311 e. The van der Waals surface area contributed by atoms with Gasteiger partial charge >= 0.3 is 0 Å². The second kappa shape index (κ2) is 11.9. The molecule has 8 aromatic rings. The summed E-state index contributed by atoms with van der Waals surface area (Å²) in [5, 5.41) is 3.03. The highest BCUT2D eigenvalue weighted by atomic mass is 28.3. The van der Waals surface area contributed by atoms with Gasteiger partial charge in [0.25, 0.3) is 0 Å². The van der Waals surface area contributed by atoms with Crippen molar-refractivity contribution in [2.45, 2.75) is 37.8 Å². The van der Waals surface area contributed by atoms with Gasteiger partial charge in [0.05, 0.1) is 5.41 Å². The van der Waals surface area contributed by atoms with E-state index in [1.807, 2.05) is 0 Å². The van der Waals surface area contributed by atoms with Crippen molar-refractivity contribution in [3.63, 3.8) is 0 Å². The average molecular weight is 734 g/mol. The molecule has 0 aromatic heterocycles. The van der Waals surface area contributed by atoms with Crippen LogP contribution in [-0.2, 0) is 10.8 Å². The van der Waals surface area contributed by atoms with Crippen molar-refractivity contribution in [1.82, 2.24) is 0 Å². The molecular weight excluding hydrogens is 691 g/mol. The summed E-state index contributed by atoms with van der Waals surface area (Å²) in [6.07, 6.45) is 0. The Balaban J connectivity index is 1.14. The van der Waals surface area contributed by atoms with Crippen molar-refractivity contribution in [3.05, 3.63) is 221 Å². The zero-order valence-electron chi connectivity index (χ0n) is 32.3. The molecule has 0 amide bonds. The molecule has 1 heterocycles. The maximum Gasteiger partial charge on any atom is 0.116 e. The zero-order valence-corrected chi connectivity index (χ0v) is 33.3. The van der Waals surface area contributed by atoms with Crippen molar-refractivity contribution in [1.29, 1.82) is 0 Å². The van der Waals surface area contributed by atoms with E-state index in [-0.39, 0.29) is 5.41 Å². The van der Waals surface area contributed by atoms with Crippen LogP contribution in [0.15, 0.2) is 188 Å². The van der Waals surface area contributed by atoms with E-state index in [1.54, 1.807) is 0 Å². The summed E-state index contributed by atoms with van der Waals surface area (Å²) in [5.74, 6) is 0. The van der Waals surface area contributed by atoms with E-state index in [0.717, 1.165) is 0 Å². The topological polar surface area (TPSA) is 3.24 Å². The van der Waals surface area contributed by atoms with Gasteiger partial charge < -0.3 is 4.90 Å². The first-order valence-corrected chi connectivity index (χ1v) is 22.9. The van der Waals surface area contributed by atoms with Gasteiger partial charge in [0.2, 0.25) is 0 Å². The minimum Gasteiger partial charge on any atom is -0.311 e. The number of hydrogen-bond acceptors (Lipinski definition) is 1. The minimum atomic E-state index is -2.06. The summed E-state index contributed by atoms with van der Waals surface area (Å²) in [6, 6.07) is 71.0. The van der Waals surface area contributed by atoms with Crippen molar-refractivity contribution < 1.29 is 0 Å². The molecule has 11 rings (SSSR count). The van der Waals surface area contributed by atoms with Gasteiger partial charge in [0, 0.05) is 22.5 Å². The molecule has 56 heavy (non-hydrogen) atoms. The number of anilines is 3. The molecule has 0 spiro atoms. The van der Waals surface area contributed by atoms with Gasteiger partial charge in [0.15, 0.2) is 0 Å². The Morgan fingerprint density at radius 2 is 0.893 bits per heavy atom. The highest BCUT2D eigenvalue weighted by Gasteiger charge is 2.46. The number of fused-ring (bicyclic) bond motifs is 9. The van der Waals surface area contributed by atoms with Crippen LogP contribution in [0.3, 0.4) is 0 Å². The molecule has 0 fully saturated rings. The van der Waals surface area contributed by atoms with E-state index in [4.69, 9.17) is 0 Å². The Labute approximate surface area is 331 Å². The lowest BCUT2D eigenvalue weighted by Crippen LogP contribution is -2.50. The first kappa shape index (κ1) is 33.1. The van der Waals surface area contributed by atoms with E-state index in [9.17, 15) is 0 Å². The Bertz CT molecular complexity index is 2820. The van der Waals surface area contributed by atoms with Crippen LogP contribution >= 0.6 is 0 Å². The molecule has 1 nitrogen and oxygen atoms in total. The second-order valence-electron chi connectivity index (χ2n) is 16.9. The Kier molecular flexibility index (Phi) is 7.04. The number of nitrogens with zero attached hydrogens (tertiary/aromatic N) is 1.